The van der Waals surface area contributed by atoms with E-state index in [0.29, 0.717) is 5.02 Å². The number of ether oxygens (including phenoxy) is 1. The highest BCUT2D eigenvalue weighted by molar-refractivity contribution is 6.30. The Morgan fingerprint density at radius 3 is 2.84 bits per heavy atom. The Labute approximate surface area is 117 Å². The number of rotatable bonds is 3. The zero-order valence-corrected chi connectivity index (χ0v) is 11.2. The zero-order chi connectivity index (χ0) is 13.2. The van der Waals surface area contributed by atoms with Gasteiger partial charge in [0.15, 0.2) is 0 Å². The maximum Gasteiger partial charge on any atom is 0.127 e. The van der Waals surface area contributed by atoms with Crippen molar-refractivity contribution in [1.29, 1.82) is 0 Å². The van der Waals surface area contributed by atoms with Gasteiger partial charge in [-0.1, -0.05) is 41.9 Å². The molecule has 0 saturated heterocycles. The predicted octanol–water partition coefficient (Wildman–Crippen LogP) is 2.83. The molecule has 0 radical (unpaired) electrons. The zero-order valence-electron chi connectivity index (χ0n) is 10.4. The molecule has 1 heterocycles. The van der Waals surface area contributed by atoms with Crippen LogP contribution in [0.4, 0.5) is 0 Å². The predicted molar refractivity (Wildman–Crippen MR) is 76.3 cm³/mol. The average Bonchev–Trinajstić information content (AvgIpc) is 2.89. The van der Waals surface area contributed by atoms with Crippen molar-refractivity contribution >= 4 is 11.6 Å². The van der Waals surface area contributed by atoms with E-state index in [1.54, 1.807) is 0 Å². The minimum absolute atomic E-state index is 0.119. The van der Waals surface area contributed by atoms with E-state index in [1.165, 1.54) is 5.56 Å². The third-order valence-corrected chi connectivity index (χ3v) is 3.64. The van der Waals surface area contributed by atoms with Gasteiger partial charge in [0.2, 0.25) is 0 Å². The second-order valence-electron chi connectivity index (χ2n) is 4.59. The lowest BCUT2D eigenvalue weighted by molar-refractivity contribution is 0.350. The Morgan fingerprint density at radius 1 is 1.21 bits per heavy atom. The first-order valence-electron chi connectivity index (χ1n) is 6.26. The Morgan fingerprint density at radius 2 is 2.05 bits per heavy atom. The number of benzene rings is 2. The first-order chi connectivity index (χ1) is 9.29. The van der Waals surface area contributed by atoms with E-state index in [1.807, 2.05) is 36.4 Å². The van der Waals surface area contributed by atoms with Crippen LogP contribution in [-0.4, -0.2) is 6.61 Å². The van der Waals surface area contributed by atoms with Crippen LogP contribution < -0.4 is 16.0 Å². The van der Waals surface area contributed by atoms with Gasteiger partial charge in [0, 0.05) is 17.0 Å². The van der Waals surface area contributed by atoms with Crippen molar-refractivity contribution in [3.63, 3.8) is 0 Å². The highest BCUT2D eigenvalue weighted by atomic mass is 35.5. The number of fused-ring (bicyclic) bond motifs is 1. The van der Waals surface area contributed by atoms with Crippen LogP contribution in [0.2, 0.25) is 5.02 Å². The first kappa shape index (κ1) is 12.5. The summed E-state index contributed by atoms with van der Waals surface area (Å²) >= 11 is 6.05. The third kappa shape index (κ3) is 2.32. The number of halogens is 1. The van der Waals surface area contributed by atoms with Gasteiger partial charge in [0.05, 0.1) is 12.6 Å². The van der Waals surface area contributed by atoms with Gasteiger partial charge in [-0.05, 0) is 23.3 Å². The van der Waals surface area contributed by atoms with E-state index in [4.69, 9.17) is 22.2 Å². The number of nitrogens with one attached hydrogen (secondary N) is 1. The molecule has 0 bridgehead atoms. The van der Waals surface area contributed by atoms with Crippen molar-refractivity contribution < 1.29 is 4.74 Å². The Bertz CT molecular complexity index is 600. The summed E-state index contributed by atoms with van der Waals surface area (Å²) in [5.41, 5.74) is 6.17. The van der Waals surface area contributed by atoms with Crippen LogP contribution in [0.1, 0.15) is 22.7 Å². The molecule has 0 aromatic heterocycles. The van der Waals surface area contributed by atoms with Crippen LogP contribution in [0.25, 0.3) is 0 Å². The Balaban J connectivity index is 2.06. The fourth-order valence-corrected chi connectivity index (χ4v) is 2.72. The maximum absolute atomic E-state index is 6.05. The molecule has 2 aromatic rings. The maximum atomic E-state index is 6.05. The van der Waals surface area contributed by atoms with E-state index >= 15 is 0 Å². The van der Waals surface area contributed by atoms with Crippen molar-refractivity contribution in [3.05, 3.63) is 64.2 Å². The highest BCUT2D eigenvalue weighted by Gasteiger charge is 2.22. The molecule has 1 aliphatic rings. The summed E-state index contributed by atoms with van der Waals surface area (Å²) in [7, 11) is 0. The van der Waals surface area contributed by atoms with Crippen molar-refractivity contribution in [2.45, 2.75) is 12.5 Å². The molecule has 1 aliphatic heterocycles. The average molecular weight is 275 g/mol. The quantitative estimate of drug-likeness (QED) is 0.668. The van der Waals surface area contributed by atoms with Gasteiger partial charge >= 0.3 is 0 Å². The van der Waals surface area contributed by atoms with Crippen molar-refractivity contribution in [2.24, 2.45) is 5.84 Å². The molecule has 0 saturated carbocycles. The third-order valence-electron chi connectivity index (χ3n) is 3.40. The number of para-hydroxylation sites is 1. The summed E-state index contributed by atoms with van der Waals surface area (Å²) in [6.45, 7) is 0.735. The molecule has 3 N–H and O–H groups in total. The smallest absolute Gasteiger partial charge is 0.127 e. The summed E-state index contributed by atoms with van der Waals surface area (Å²) in [5, 5.41) is 0.700. The lowest BCUT2D eigenvalue weighted by Crippen LogP contribution is -2.29. The molecule has 0 fully saturated rings. The van der Waals surface area contributed by atoms with Crippen LogP contribution in [0.5, 0.6) is 5.75 Å². The SMILES string of the molecule is NNC(c1cccc(Cl)c1)c1cccc2c1OCC2. The molecule has 3 rings (SSSR count). The van der Waals surface area contributed by atoms with Gasteiger partial charge in [-0.3, -0.25) is 5.84 Å². The van der Waals surface area contributed by atoms with Crippen molar-refractivity contribution in [1.82, 2.24) is 5.43 Å². The molecule has 2 aromatic carbocycles. The molecule has 4 heteroatoms. The molecule has 3 nitrogen and oxygen atoms in total. The van der Waals surface area contributed by atoms with Crippen LogP contribution in [0.15, 0.2) is 42.5 Å². The molecule has 98 valence electrons. The monoisotopic (exact) mass is 274 g/mol. The van der Waals surface area contributed by atoms with E-state index < -0.39 is 0 Å². The second kappa shape index (κ2) is 5.21. The fraction of sp³-hybridized carbons (Fsp3) is 0.200. The molecule has 0 amide bonds. The standard InChI is InChI=1S/C15H15ClN2O/c16-12-5-1-4-11(9-12)14(18-17)13-6-2-3-10-7-8-19-15(10)13/h1-6,9,14,18H,7-8,17H2. The number of hydrazine groups is 1. The topological polar surface area (TPSA) is 47.3 Å². The summed E-state index contributed by atoms with van der Waals surface area (Å²) in [6, 6.07) is 13.7. The minimum Gasteiger partial charge on any atom is -0.493 e. The van der Waals surface area contributed by atoms with Gasteiger partial charge in [0.1, 0.15) is 5.75 Å². The van der Waals surface area contributed by atoms with Gasteiger partial charge in [-0.25, -0.2) is 5.43 Å². The molecular weight excluding hydrogens is 260 g/mol. The van der Waals surface area contributed by atoms with Crippen LogP contribution in [0, 0.1) is 0 Å². The second-order valence-corrected chi connectivity index (χ2v) is 5.03. The summed E-state index contributed by atoms with van der Waals surface area (Å²) in [4.78, 5) is 0. The molecule has 19 heavy (non-hydrogen) atoms. The first-order valence-corrected chi connectivity index (χ1v) is 6.63. The van der Waals surface area contributed by atoms with Crippen LogP contribution in [0.3, 0.4) is 0 Å². The lowest BCUT2D eigenvalue weighted by Gasteiger charge is -2.19. The van der Waals surface area contributed by atoms with Crippen LogP contribution in [-0.2, 0) is 6.42 Å². The van der Waals surface area contributed by atoms with E-state index in [-0.39, 0.29) is 6.04 Å². The van der Waals surface area contributed by atoms with Gasteiger partial charge in [-0.15, -0.1) is 0 Å². The molecule has 0 spiro atoms. The number of hydrogen-bond acceptors (Lipinski definition) is 3. The largest absolute Gasteiger partial charge is 0.493 e. The van der Waals surface area contributed by atoms with Gasteiger partial charge in [-0.2, -0.15) is 0 Å². The van der Waals surface area contributed by atoms with Crippen molar-refractivity contribution in [3.8, 4) is 5.75 Å². The van der Waals surface area contributed by atoms with Crippen molar-refractivity contribution in [2.75, 3.05) is 6.61 Å². The normalized spacial score (nSPS) is 14.8. The molecule has 1 unspecified atom stereocenters. The molecular formula is C15H15ClN2O. The number of hydrogen-bond donors (Lipinski definition) is 2. The van der Waals surface area contributed by atoms with E-state index in [9.17, 15) is 0 Å². The number of nitrogens with two attached hydrogens (primary N) is 1. The molecule has 1 atom stereocenters. The highest BCUT2D eigenvalue weighted by Crippen LogP contribution is 2.36. The summed E-state index contributed by atoms with van der Waals surface area (Å²) in [5.74, 6) is 6.68. The summed E-state index contributed by atoms with van der Waals surface area (Å²) in [6.07, 6.45) is 0.954. The Kier molecular flexibility index (Phi) is 3.42. The van der Waals surface area contributed by atoms with Gasteiger partial charge < -0.3 is 4.74 Å². The van der Waals surface area contributed by atoms with E-state index in [2.05, 4.69) is 11.5 Å². The Hall–Kier alpha value is -1.55. The fourth-order valence-electron chi connectivity index (χ4n) is 2.52. The van der Waals surface area contributed by atoms with Gasteiger partial charge in [0.25, 0.3) is 0 Å². The molecule has 0 aliphatic carbocycles. The van der Waals surface area contributed by atoms with Crippen LogP contribution >= 0.6 is 11.6 Å². The minimum atomic E-state index is -0.119. The lowest BCUT2D eigenvalue weighted by atomic mass is 9.96. The summed E-state index contributed by atoms with van der Waals surface area (Å²) < 4.78 is 5.74. The van der Waals surface area contributed by atoms with E-state index in [0.717, 1.165) is 29.9 Å².